The van der Waals surface area contributed by atoms with E-state index >= 15 is 0 Å². The zero-order valence-corrected chi connectivity index (χ0v) is 14.9. The van der Waals surface area contributed by atoms with Crippen molar-refractivity contribution in [2.24, 2.45) is 0 Å². The first-order valence-electron chi connectivity index (χ1n) is 9.01. The Labute approximate surface area is 149 Å². The second-order valence-electron chi connectivity index (χ2n) is 5.99. The Balaban J connectivity index is 0.000000880. The van der Waals surface area contributed by atoms with E-state index in [1.807, 2.05) is 38.1 Å². The van der Waals surface area contributed by atoms with E-state index in [-0.39, 0.29) is 0 Å². The summed E-state index contributed by atoms with van der Waals surface area (Å²) in [6.07, 6.45) is 4.61. The van der Waals surface area contributed by atoms with Gasteiger partial charge in [-0.1, -0.05) is 56.3 Å². The molecule has 0 aliphatic carbocycles. The topological polar surface area (TPSA) is 32.6 Å². The Hall–Kier alpha value is -2.86. The molecule has 0 unspecified atom stereocenters. The molecule has 3 aromatic rings. The Kier molecular flexibility index (Phi) is 5.30. The monoisotopic (exact) mass is 330 g/mol. The Morgan fingerprint density at radius 3 is 2.44 bits per heavy atom. The van der Waals surface area contributed by atoms with Crippen molar-refractivity contribution in [1.82, 2.24) is 4.57 Å². The SMILES string of the molecule is CC.N#Cc1ccc(C[n+]2cc(-c3ccccc3)n3c2CCC3)cc1. The van der Waals surface area contributed by atoms with Crippen LogP contribution in [0.15, 0.2) is 60.8 Å². The number of aromatic nitrogens is 2. The molecule has 0 spiro atoms. The van der Waals surface area contributed by atoms with Gasteiger partial charge in [-0.05, 0) is 24.1 Å². The second-order valence-corrected chi connectivity index (χ2v) is 5.99. The van der Waals surface area contributed by atoms with Crippen molar-refractivity contribution in [3.05, 3.63) is 77.7 Å². The van der Waals surface area contributed by atoms with E-state index in [0.29, 0.717) is 5.56 Å². The van der Waals surface area contributed by atoms with Crippen molar-refractivity contribution in [1.29, 1.82) is 5.26 Å². The van der Waals surface area contributed by atoms with Crippen LogP contribution in [0.4, 0.5) is 0 Å². The maximum atomic E-state index is 8.92. The number of hydrogen-bond acceptors (Lipinski definition) is 1. The van der Waals surface area contributed by atoms with E-state index in [1.54, 1.807) is 0 Å². The van der Waals surface area contributed by atoms with Crippen molar-refractivity contribution in [2.75, 3.05) is 0 Å². The maximum Gasteiger partial charge on any atom is 0.257 e. The lowest BCUT2D eigenvalue weighted by molar-refractivity contribution is -0.694. The molecule has 1 aliphatic rings. The summed E-state index contributed by atoms with van der Waals surface area (Å²) in [4.78, 5) is 0. The molecule has 1 aromatic heterocycles. The second kappa shape index (κ2) is 7.81. The van der Waals surface area contributed by atoms with Crippen molar-refractivity contribution in [3.8, 4) is 17.3 Å². The fraction of sp³-hybridized carbons (Fsp3) is 0.273. The average molecular weight is 330 g/mol. The van der Waals surface area contributed by atoms with Gasteiger partial charge in [0.15, 0.2) is 5.69 Å². The number of imidazole rings is 1. The quantitative estimate of drug-likeness (QED) is 0.658. The lowest BCUT2D eigenvalue weighted by atomic mass is 10.1. The summed E-state index contributed by atoms with van der Waals surface area (Å²) in [6, 6.07) is 20.6. The molecule has 25 heavy (non-hydrogen) atoms. The highest BCUT2D eigenvalue weighted by molar-refractivity contribution is 5.58. The predicted molar refractivity (Wildman–Crippen MR) is 100.0 cm³/mol. The van der Waals surface area contributed by atoms with Gasteiger partial charge in [-0.15, -0.1) is 0 Å². The van der Waals surface area contributed by atoms with Crippen LogP contribution in [-0.4, -0.2) is 4.57 Å². The van der Waals surface area contributed by atoms with Gasteiger partial charge in [0, 0.05) is 5.56 Å². The van der Waals surface area contributed by atoms with Crippen LogP contribution in [0.5, 0.6) is 0 Å². The van der Waals surface area contributed by atoms with Gasteiger partial charge in [0.05, 0.1) is 24.6 Å². The summed E-state index contributed by atoms with van der Waals surface area (Å²) in [5, 5.41) is 8.92. The largest absolute Gasteiger partial charge is 0.257 e. The molecule has 0 N–H and O–H groups in total. The molecule has 0 fully saturated rings. The van der Waals surface area contributed by atoms with E-state index < -0.39 is 0 Å². The molecule has 2 heterocycles. The molecule has 4 rings (SSSR count). The average Bonchev–Trinajstić information content (AvgIpc) is 3.29. The van der Waals surface area contributed by atoms with E-state index in [1.165, 1.54) is 29.1 Å². The fourth-order valence-corrected chi connectivity index (χ4v) is 3.37. The van der Waals surface area contributed by atoms with Crippen LogP contribution in [0.3, 0.4) is 0 Å². The smallest absolute Gasteiger partial charge is 0.229 e. The molecule has 1 aliphatic heterocycles. The normalized spacial score (nSPS) is 12.0. The first-order valence-corrected chi connectivity index (χ1v) is 9.01. The molecule has 0 atom stereocenters. The van der Waals surface area contributed by atoms with Crippen LogP contribution in [0.2, 0.25) is 0 Å². The van der Waals surface area contributed by atoms with Crippen LogP contribution in [0, 0.1) is 11.3 Å². The number of fused-ring (bicyclic) bond motifs is 1. The van der Waals surface area contributed by atoms with E-state index in [4.69, 9.17) is 5.26 Å². The molecule has 126 valence electrons. The highest BCUT2D eigenvalue weighted by Gasteiger charge is 2.28. The van der Waals surface area contributed by atoms with Gasteiger partial charge in [0.2, 0.25) is 0 Å². The van der Waals surface area contributed by atoms with Crippen molar-refractivity contribution < 1.29 is 4.57 Å². The van der Waals surface area contributed by atoms with E-state index in [2.05, 4.69) is 51.7 Å². The lowest BCUT2D eigenvalue weighted by Crippen LogP contribution is -2.36. The molecule has 0 amide bonds. The van der Waals surface area contributed by atoms with Crippen molar-refractivity contribution in [2.45, 2.75) is 39.8 Å². The lowest BCUT2D eigenvalue weighted by Gasteiger charge is -2.00. The Morgan fingerprint density at radius 1 is 1.04 bits per heavy atom. The fourth-order valence-electron chi connectivity index (χ4n) is 3.37. The number of benzene rings is 2. The molecule has 0 radical (unpaired) electrons. The van der Waals surface area contributed by atoms with Crippen LogP contribution < -0.4 is 4.57 Å². The van der Waals surface area contributed by atoms with Gasteiger partial charge in [-0.25, -0.2) is 9.13 Å². The van der Waals surface area contributed by atoms with Gasteiger partial charge in [0.1, 0.15) is 12.7 Å². The zero-order chi connectivity index (χ0) is 17.6. The van der Waals surface area contributed by atoms with Crippen LogP contribution >= 0.6 is 0 Å². The summed E-state index contributed by atoms with van der Waals surface area (Å²) in [5.74, 6) is 1.40. The summed E-state index contributed by atoms with van der Waals surface area (Å²) in [5.41, 5.74) is 4.51. The highest BCUT2D eigenvalue weighted by atomic mass is 15.2. The Bertz CT molecular complexity index is 868. The molecular formula is C22H24N3+. The molecule has 3 heteroatoms. The summed E-state index contributed by atoms with van der Waals surface area (Å²) in [7, 11) is 0. The first-order chi connectivity index (χ1) is 12.3. The maximum absolute atomic E-state index is 8.92. The predicted octanol–water partition coefficient (Wildman–Crippen LogP) is 4.33. The third-order valence-corrected chi connectivity index (χ3v) is 4.50. The number of hydrogen-bond donors (Lipinski definition) is 0. The molecule has 3 nitrogen and oxygen atoms in total. The van der Waals surface area contributed by atoms with Crippen LogP contribution in [-0.2, 0) is 19.5 Å². The van der Waals surface area contributed by atoms with Gasteiger partial charge >= 0.3 is 0 Å². The summed E-state index contributed by atoms with van der Waals surface area (Å²) >= 11 is 0. The minimum absolute atomic E-state index is 0.714. The van der Waals surface area contributed by atoms with Crippen molar-refractivity contribution >= 4 is 0 Å². The highest BCUT2D eigenvalue weighted by Crippen LogP contribution is 2.24. The molecule has 2 aromatic carbocycles. The molecule has 0 saturated heterocycles. The molecule has 0 bridgehead atoms. The molecular weight excluding hydrogens is 306 g/mol. The standard InChI is InChI=1S/C20H18N3.C2H6/c21-13-16-8-10-17(11-9-16)14-22-15-19(18-5-2-1-3-6-18)23-12-4-7-20(22)23;1-2/h1-3,5-6,8-11,15H,4,7,12,14H2;1-2H3/q+1;. The number of nitrogens with zero attached hydrogens (tertiary/aromatic N) is 3. The van der Waals surface area contributed by atoms with Gasteiger partial charge in [0.25, 0.3) is 5.82 Å². The third kappa shape index (κ3) is 3.49. The van der Waals surface area contributed by atoms with E-state index in [0.717, 1.165) is 19.5 Å². The Morgan fingerprint density at radius 2 is 1.76 bits per heavy atom. The van der Waals surface area contributed by atoms with Crippen LogP contribution in [0.25, 0.3) is 11.3 Å². The van der Waals surface area contributed by atoms with Gasteiger partial charge in [-0.3, -0.25) is 0 Å². The molecule has 0 saturated carbocycles. The number of rotatable bonds is 3. The van der Waals surface area contributed by atoms with Gasteiger partial charge in [-0.2, -0.15) is 5.26 Å². The first kappa shape index (κ1) is 17.0. The minimum atomic E-state index is 0.714. The van der Waals surface area contributed by atoms with Crippen molar-refractivity contribution in [3.63, 3.8) is 0 Å². The summed E-state index contributed by atoms with van der Waals surface area (Å²) in [6.45, 7) is 5.95. The van der Waals surface area contributed by atoms with Crippen LogP contribution in [0.1, 0.15) is 37.2 Å². The minimum Gasteiger partial charge on any atom is -0.229 e. The summed E-state index contributed by atoms with van der Waals surface area (Å²) < 4.78 is 4.80. The third-order valence-electron chi connectivity index (χ3n) is 4.50. The van der Waals surface area contributed by atoms with Gasteiger partial charge < -0.3 is 0 Å². The number of nitriles is 1. The zero-order valence-electron chi connectivity index (χ0n) is 14.9. The van der Waals surface area contributed by atoms with E-state index in [9.17, 15) is 0 Å².